The molecule has 5 heteroatoms. The Morgan fingerprint density at radius 2 is 1.79 bits per heavy atom. The lowest BCUT2D eigenvalue weighted by Gasteiger charge is -2.23. The molecule has 1 heterocycles. The molecule has 1 aliphatic heterocycles. The highest BCUT2D eigenvalue weighted by Gasteiger charge is 2.35. The third kappa shape index (κ3) is 3.22. The fourth-order valence-electron chi connectivity index (χ4n) is 1.08. The molecule has 14 heavy (non-hydrogen) atoms. The highest BCUT2D eigenvalue weighted by Crippen LogP contribution is 2.21. The second-order valence-corrected chi connectivity index (χ2v) is 7.07. The first-order chi connectivity index (χ1) is 6.23. The molecule has 0 atom stereocenters. The van der Waals surface area contributed by atoms with Gasteiger partial charge >= 0.3 is 0 Å². The summed E-state index contributed by atoms with van der Waals surface area (Å²) in [7, 11) is -1.47. The predicted octanol–water partition coefficient (Wildman–Crippen LogP) is 0.915. The first-order valence-corrected chi connectivity index (χ1v) is 6.34. The third-order valence-corrected chi connectivity index (χ3v) is 4.29. The van der Waals surface area contributed by atoms with Gasteiger partial charge in [-0.25, -0.2) is 0 Å². The van der Waals surface area contributed by atoms with E-state index in [2.05, 4.69) is 20.8 Å². The number of rotatable bonds is 4. The van der Waals surface area contributed by atoms with Crippen molar-refractivity contribution in [2.24, 2.45) is 5.41 Å². The summed E-state index contributed by atoms with van der Waals surface area (Å²) in [6.07, 6.45) is 0.885. The van der Waals surface area contributed by atoms with Gasteiger partial charge in [-0.15, -0.1) is 0 Å². The van der Waals surface area contributed by atoms with Crippen molar-refractivity contribution in [1.29, 1.82) is 0 Å². The van der Waals surface area contributed by atoms with Crippen molar-refractivity contribution in [2.75, 3.05) is 26.7 Å². The van der Waals surface area contributed by atoms with Crippen LogP contribution < -0.4 is 0 Å². The van der Waals surface area contributed by atoms with E-state index in [1.54, 1.807) is 7.05 Å². The minimum absolute atomic E-state index is 0.183. The molecule has 0 aromatic rings. The maximum Gasteiger partial charge on any atom is 0.281 e. The molecule has 0 spiro atoms. The van der Waals surface area contributed by atoms with E-state index >= 15 is 0 Å². The zero-order valence-electron chi connectivity index (χ0n) is 9.45. The van der Waals surface area contributed by atoms with Crippen LogP contribution in [0.25, 0.3) is 0 Å². The summed E-state index contributed by atoms with van der Waals surface area (Å²) in [5.41, 5.74) is 0.183. The van der Waals surface area contributed by atoms with E-state index < -0.39 is 10.2 Å². The summed E-state index contributed by atoms with van der Waals surface area (Å²) in [5.74, 6) is 0. The average Bonchev–Trinajstić information content (AvgIpc) is 2.80. The Balaban J connectivity index is 2.46. The van der Waals surface area contributed by atoms with Crippen molar-refractivity contribution in [3.8, 4) is 0 Å². The van der Waals surface area contributed by atoms with E-state index in [1.165, 1.54) is 8.61 Å². The summed E-state index contributed by atoms with van der Waals surface area (Å²) in [6, 6.07) is 0. The van der Waals surface area contributed by atoms with Gasteiger partial charge in [0, 0.05) is 26.7 Å². The van der Waals surface area contributed by atoms with Crippen LogP contribution in [0.2, 0.25) is 0 Å². The topological polar surface area (TPSA) is 40.4 Å². The molecular weight excluding hydrogens is 200 g/mol. The fourth-order valence-corrected chi connectivity index (χ4v) is 2.34. The van der Waals surface area contributed by atoms with Gasteiger partial charge in [0.05, 0.1) is 0 Å². The van der Waals surface area contributed by atoms with Crippen LogP contribution in [0.5, 0.6) is 0 Å². The molecular formula is C9H20N2O2S. The molecule has 1 aliphatic rings. The summed E-state index contributed by atoms with van der Waals surface area (Å²) >= 11 is 0. The standard InChI is InChI=1S/C9H20N2O2S/c1-9(2,3)5-6-10(4)14(12,13)11-7-8-11/h5-8H2,1-4H3. The molecule has 84 valence electrons. The molecule has 0 bridgehead atoms. The zero-order valence-corrected chi connectivity index (χ0v) is 10.3. The summed E-state index contributed by atoms with van der Waals surface area (Å²) in [6.45, 7) is 8.31. The second-order valence-electron chi connectivity index (χ2n) is 5.04. The number of nitrogens with zero attached hydrogens (tertiary/aromatic N) is 2. The Kier molecular flexibility index (Phi) is 3.23. The van der Waals surface area contributed by atoms with Gasteiger partial charge in [0.1, 0.15) is 0 Å². The van der Waals surface area contributed by atoms with Crippen molar-refractivity contribution in [3.63, 3.8) is 0 Å². The lowest BCUT2D eigenvalue weighted by atomic mass is 9.92. The first kappa shape index (κ1) is 11.9. The Bertz CT molecular complexity index is 288. The van der Waals surface area contributed by atoms with Crippen molar-refractivity contribution in [1.82, 2.24) is 8.61 Å². The molecule has 0 saturated carbocycles. The quantitative estimate of drug-likeness (QED) is 0.661. The van der Waals surface area contributed by atoms with Crippen LogP contribution in [0.15, 0.2) is 0 Å². The molecule has 0 aromatic carbocycles. The lowest BCUT2D eigenvalue weighted by Crippen LogP contribution is -2.34. The zero-order chi connectivity index (χ0) is 11.0. The normalized spacial score (nSPS) is 18.9. The molecule has 1 fully saturated rings. The van der Waals surface area contributed by atoms with Gasteiger partial charge in [-0.05, 0) is 11.8 Å². The largest absolute Gasteiger partial charge is 0.281 e. The Morgan fingerprint density at radius 1 is 1.29 bits per heavy atom. The van der Waals surface area contributed by atoms with Crippen LogP contribution in [-0.4, -0.2) is 43.7 Å². The molecule has 0 aliphatic carbocycles. The Hall–Kier alpha value is -0.130. The summed E-state index contributed by atoms with van der Waals surface area (Å²) in [4.78, 5) is 0. The van der Waals surface area contributed by atoms with Gasteiger partial charge in [0.2, 0.25) is 0 Å². The molecule has 1 saturated heterocycles. The van der Waals surface area contributed by atoms with Crippen molar-refractivity contribution >= 4 is 10.2 Å². The molecule has 4 nitrogen and oxygen atoms in total. The molecule has 0 radical (unpaired) electrons. The Morgan fingerprint density at radius 3 is 2.14 bits per heavy atom. The van der Waals surface area contributed by atoms with Gasteiger partial charge in [0.15, 0.2) is 0 Å². The monoisotopic (exact) mass is 220 g/mol. The van der Waals surface area contributed by atoms with E-state index in [4.69, 9.17) is 0 Å². The smallest absolute Gasteiger partial charge is 0.195 e. The average molecular weight is 220 g/mol. The third-order valence-electron chi connectivity index (χ3n) is 2.30. The van der Waals surface area contributed by atoms with Crippen LogP contribution in [0.4, 0.5) is 0 Å². The maximum atomic E-state index is 11.7. The number of hydrogen-bond acceptors (Lipinski definition) is 2. The van der Waals surface area contributed by atoms with E-state index in [-0.39, 0.29) is 5.41 Å². The first-order valence-electron chi connectivity index (χ1n) is 4.95. The maximum absolute atomic E-state index is 11.7. The highest BCUT2D eigenvalue weighted by atomic mass is 32.2. The predicted molar refractivity (Wildman–Crippen MR) is 57.2 cm³/mol. The number of hydrogen-bond donors (Lipinski definition) is 0. The van der Waals surface area contributed by atoms with Gasteiger partial charge in [-0.3, -0.25) is 0 Å². The van der Waals surface area contributed by atoms with E-state index in [0.29, 0.717) is 19.6 Å². The minimum atomic E-state index is -3.12. The van der Waals surface area contributed by atoms with Crippen LogP contribution in [-0.2, 0) is 10.2 Å². The van der Waals surface area contributed by atoms with E-state index in [1.807, 2.05) is 0 Å². The summed E-state index contributed by atoms with van der Waals surface area (Å²) < 4.78 is 26.3. The van der Waals surface area contributed by atoms with Crippen LogP contribution >= 0.6 is 0 Å². The van der Waals surface area contributed by atoms with Crippen molar-refractivity contribution < 1.29 is 8.42 Å². The van der Waals surface area contributed by atoms with Crippen molar-refractivity contribution in [2.45, 2.75) is 27.2 Å². The van der Waals surface area contributed by atoms with Crippen LogP contribution in [0, 0.1) is 5.41 Å². The molecule has 1 rings (SSSR count). The van der Waals surface area contributed by atoms with Crippen LogP contribution in [0.1, 0.15) is 27.2 Å². The fraction of sp³-hybridized carbons (Fsp3) is 1.00. The lowest BCUT2D eigenvalue weighted by molar-refractivity contribution is 0.326. The minimum Gasteiger partial charge on any atom is -0.195 e. The van der Waals surface area contributed by atoms with Gasteiger partial charge < -0.3 is 0 Å². The van der Waals surface area contributed by atoms with E-state index in [9.17, 15) is 8.42 Å². The van der Waals surface area contributed by atoms with Gasteiger partial charge in [0.25, 0.3) is 10.2 Å². The molecule has 0 N–H and O–H groups in total. The molecule has 0 unspecified atom stereocenters. The van der Waals surface area contributed by atoms with Crippen molar-refractivity contribution in [3.05, 3.63) is 0 Å². The second kappa shape index (κ2) is 3.79. The van der Waals surface area contributed by atoms with E-state index in [0.717, 1.165) is 6.42 Å². The van der Waals surface area contributed by atoms with Crippen LogP contribution in [0.3, 0.4) is 0 Å². The molecule has 0 aromatic heterocycles. The summed E-state index contributed by atoms with van der Waals surface area (Å²) in [5, 5.41) is 0. The SMILES string of the molecule is CN(CCC(C)(C)C)S(=O)(=O)N1CC1. The van der Waals surface area contributed by atoms with Gasteiger partial charge in [-0.2, -0.15) is 17.0 Å². The Labute approximate surface area is 87.1 Å². The highest BCUT2D eigenvalue weighted by molar-refractivity contribution is 7.87. The van der Waals surface area contributed by atoms with Gasteiger partial charge in [-0.1, -0.05) is 20.8 Å². The molecule has 0 amide bonds.